The summed E-state index contributed by atoms with van der Waals surface area (Å²) in [6.07, 6.45) is 0. The van der Waals surface area contributed by atoms with E-state index in [1.165, 1.54) is 0 Å². The standard InChI is InChI=1S/C13H25N5O/c1-13(2,3)12-15-11(16-19-12)9-18-6-5-17(4)8-10(18)7-14/h10H,5-9,14H2,1-4H3. The van der Waals surface area contributed by atoms with E-state index in [0.717, 1.165) is 32.0 Å². The van der Waals surface area contributed by atoms with Crippen LogP contribution >= 0.6 is 0 Å². The molecule has 0 radical (unpaired) electrons. The van der Waals surface area contributed by atoms with Crippen LogP contribution in [0, 0.1) is 0 Å². The van der Waals surface area contributed by atoms with Crippen molar-refractivity contribution >= 4 is 0 Å². The normalized spacial score (nSPS) is 22.9. The van der Waals surface area contributed by atoms with Gasteiger partial charge in [-0.1, -0.05) is 25.9 Å². The lowest BCUT2D eigenvalue weighted by Gasteiger charge is -2.38. The van der Waals surface area contributed by atoms with Gasteiger partial charge in [-0.2, -0.15) is 4.98 Å². The van der Waals surface area contributed by atoms with Crippen LogP contribution in [0.1, 0.15) is 32.5 Å². The van der Waals surface area contributed by atoms with Gasteiger partial charge in [0, 0.05) is 37.6 Å². The number of aromatic nitrogens is 2. The quantitative estimate of drug-likeness (QED) is 0.857. The average Bonchev–Trinajstić information content (AvgIpc) is 2.79. The Hall–Kier alpha value is -0.980. The molecule has 6 heteroatoms. The topological polar surface area (TPSA) is 71.4 Å². The molecule has 0 amide bonds. The fourth-order valence-electron chi connectivity index (χ4n) is 2.28. The summed E-state index contributed by atoms with van der Waals surface area (Å²) in [5.74, 6) is 1.45. The van der Waals surface area contributed by atoms with Crippen molar-refractivity contribution < 1.29 is 4.52 Å². The molecule has 1 saturated heterocycles. The van der Waals surface area contributed by atoms with Gasteiger partial charge in [0.25, 0.3) is 0 Å². The predicted octanol–water partition coefficient (Wildman–Crippen LogP) is 0.442. The van der Waals surface area contributed by atoms with Crippen LogP contribution in [0.4, 0.5) is 0 Å². The number of likely N-dealkylation sites (N-methyl/N-ethyl adjacent to an activating group) is 1. The molecule has 2 N–H and O–H groups in total. The van der Waals surface area contributed by atoms with E-state index in [0.29, 0.717) is 18.5 Å². The molecule has 1 atom stereocenters. The molecular formula is C13H25N5O. The van der Waals surface area contributed by atoms with Gasteiger partial charge in [0.1, 0.15) is 0 Å². The van der Waals surface area contributed by atoms with Crippen molar-refractivity contribution in [3.8, 4) is 0 Å². The Kier molecular flexibility index (Phi) is 4.23. The molecule has 2 heterocycles. The molecule has 1 aliphatic rings. The van der Waals surface area contributed by atoms with E-state index in [2.05, 4.69) is 47.8 Å². The van der Waals surface area contributed by atoms with E-state index < -0.39 is 0 Å². The molecule has 0 aromatic carbocycles. The van der Waals surface area contributed by atoms with Gasteiger partial charge in [-0.3, -0.25) is 4.90 Å². The van der Waals surface area contributed by atoms with E-state index in [1.54, 1.807) is 0 Å². The fraction of sp³-hybridized carbons (Fsp3) is 0.846. The SMILES string of the molecule is CN1CCN(Cc2noc(C(C)(C)C)n2)C(CN)C1. The predicted molar refractivity (Wildman–Crippen MR) is 73.7 cm³/mol. The second-order valence-electron chi connectivity index (χ2n) is 6.39. The molecule has 19 heavy (non-hydrogen) atoms. The lowest BCUT2D eigenvalue weighted by Crippen LogP contribution is -2.54. The number of hydrogen-bond acceptors (Lipinski definition) is 6. The maximum Gasteiger partial charge on any atom is 0.232 e. The zero-order valence-corrected chi connectivity index (χ0v) is 12.4. The van der Waals surface area contributed by atoms with Crippen LogP contribution in [0.5, 0.6) is 0 Å². The Morgan fingerprint density at radius 2 is 2.11 bits per heavy atom. The van der Waals surface area contributed by atoms with Gasteiger partial charge in [-0.15, -0.1) is 0 Å². The number of nitrogens with two attached hydrogens (primary N) is 1. The molecule has 0 bridgehead atoms. The van der Waals surface area contributed by atoms with E-state index in [1.807, 2.05) is 0 Å². The molecular weight excluding hydrogens is 242 g/mol. The van der Waals surface area contributed by atoms with Crippen molar-refractivity contribution in [1.82, 2.24) is 19.9 Å². The Bertz CT molecular complexity index is 411. The first-order chi connectivity index (χ1) is 8.90. The van der Waals surface area contributed by atoms with Gasteiger partial charge in [-0.05, 0) is 7.05 Å². The van der Waals surface area contributed by atoms with Crippen LogP contribution in [0.25, 0.3) is 0 Å². The first-order valence-electron chi connectivity index (χ1n) is 6.86. The third-order valence-electron chi connectivity index (χ3n) is 3.53. The lowest BCUT2D eigenvalue weighted by atomic mass is 9.97. The minimum absolute atomic E-state index is 0.0966. The summed E-state index contributed by atoms with van der Waals surface area (Å²) in [4.78, 5) is 9.14. The molecule has 6 nitrogen and oxygen atoms in total. The zero-order chi connectivity index (χ0) is 14.0. The van der Waals surface area contributed by atoms with E-state index in [9.17, 15) is 0 Å². The maximum atomic E-state index is 5.85. The minimum atomic E-state index is -0.0966. The number of rotatable bonds is 3. The van der Waals surface area contributed by atoms with Crippen LogP contribution in [0.15, 0.2) is 4.52 Å². The van der Waals surface area contributed by atoms with Gasteiger partial charge in [-0.25, -0.2) is 0 Å². The zero-order valence-electron chi connectivity index (χ0n) is 12.4. The van der Waals surface area contributed by atoms with Crippen LogP contribution in [-0.4, -0.2) is 59.2 Å². The summed E-state index contributed by atoms with van der Waals surface area (Å²) in [6.45, 7) is 10.6. The van der Waals surface area contributed by atoms with Gasteiger partial charge in [0.2, 0.25) is 5.89 Å². The van der Waals surface area contributed by atoms with Crippen molar-refractivity contribution in [2.45, 2.75) is 38.8 Å². The number of hydrogen-bond donors (Lipinski definition) is 1. The number of piperazine rings is 1. The van der Waals surface area contributed by atoms with Crippen molar-refractivity contribution in [1.29, 1.82) is 0 Å². The van der Waals surface area contributed by atoms with Crippen LogP contribution < -0.4 is 5.73 Å². The molecule has 1 aromatic heterocycles. The lowest BCUT2D eigenvalue weighted by molar-refractivity contribution is 0.0851. The molecule has 1 aromatic rings. The van der Waals surface area contributed by atoms with E-state index >= 15 is 0 Å². The van der Waals surface area contributed by atoms with Crippen molar-refractivity contribution in [3.05, 3.63) is 11.7 Å². The Morgan fingerprint density at radius 1 is 1.37 bits per heavy atom. The van der Waals surface area contributed by atoms with Crippen molar-refractivity contribution in [2.24, 2.45) is 5.73 Å². The summed E-state index contributed by atoms with van der Waals surface area (Å²) in [6, 6.07) is 0.371. The monoisotopic (exact) mass is 267 g/mol. The second kappa shape index (κ2) is 5.56. The molecule has 1 aliphatic heterocycles. The Morgan fingerprint density at radius 3 is 2.68 bits per heavy atom. The molecule has 0 saturated carbocycles. The number of nitrogens with zero attached hydrogens (tertiary/aromatic N) is 4. The third-order valence-corrected chi connectivity index (χ3v) is 3.53. The summed E-state index contributed by atoms with van der Waals surface area (Å²) < 4.78 is 5.33. The van der Waals surface area contributed by atoms with Gasteiger partial charge >= 0.3 is 0 Å². The van der Waals surface area contributed by atoms with Gasteiger partial charge < -0.3 is 15.2 Å². The van der Waals surface area contributed by atoms with Crippen molar-refractivity contribution in [2.75, 3.05) is 33.2 Å². The fourth-order valence-corrected chi connectivity index (χ4v) is 2.28. The molecule has 108 valence electrons. The largest absolute Gasteiger partial charge is 0.339 e. The van der Waals surface area contributed by atoms with Crippen LogP contribution in [-0.2, 0) is 12.0 Å². The smallest absolute Gasteiger partial charge is 0.232 e. The van der Waals surface area contributed by atoms with Crippen LogP contribution in [0.2, 0.25) is 0 Å². The van der Waals surface area contributed by atoms with Crippen molar-refractivity contribution in [3.63, 3.8) is 0 Å². The Labute approximate surface area is 114 Å². The highest BCUT2D eigenvalue weighted by Gasteiger charge is 2.27. The first kappa shape index (κ1) is 14.4. The molecule has 0 spiro atoms. The molecule has 1 fully saturated rings. The maximum absolute atomic E-state index is 5.85. The molecule has 1 unspecified atom stereocenters. The average molecular weight is 267 g/mol. The van der Waals surface area contributed by atoms with Gasteiger partial charge in [0.15, 0.2) is 5.82 Å². The third kappa shape index (κ3) is 3.52. The van der Waals surface area contributed by atoms with Gasteiger partial charge in [0.05, 0.1) is 6.54 Å². The molecule has 2 rings (SSSR count). The first-order valence-corrected chi connectivity index (χ1v) is 6.86. The summed E-state index contributed by atoms with van der Waals surface area (Å²) in [5, 5.41) is 4.08. The van der Waals surface area contributed by atoms with E-state index in [4.69, 9.17) is 10.3 Å². The van der Waals surface area contributed by atoms with Crippen LogP contribution in [0.3, 0.4) is 0 Å². The highest BCUT2D eigenvalue weighted by Crippen LogP contribution is 2.20. The summed E-state index contributed by atoms with van der Waals surface area (Å²) >= 11 is 0. The molecule has 0 aliphatic carbocycles. The highest BCUT2D eigenvalue weighted by molar-refractivity contribution is 4.99. The summed E-state index contributed by atoms with van der Waals surface area (Å²) in [5.41, 5.74) is 5.75. The van der Waals surface area contributed by atoms with E-state index in [-0.39, 0.29) is 5.41 Å². The highest BCUT2D eigenvalue weighted by atomic mass is 16.5. The Balaban J connectivity index is 2.02. The second-order valence-corrected chi connectivity index (χ2v) is 6.39. The minimum Gasteiger partial charge on any atom is -0.339 e. The summed E-state index contributed by atoms with van der Waals surface area (Å²) in [7, 11) is 2.13.